The van der Waals surface area contributed by atoms with Crippen LogP contribution in [-0.2, 0) is 14.6 Å². The maximum atomic E-state index is 12.7. The summed E-state index contributed by atoms with van der Waals surface area (Å²) in [6, 6.07) is 10.4. The molecule has 1 aliphatic carbocycles. The molecule has 168 valence electrons. The lowest BCUT2D eigenvalue weighted by Gasteiger charge is -2.37. The van der Waals surface area contributed by atoms with Crippen molar-refractivity contribution in [2.45, 2.75) is 56.1 Å². The molecule has 0 saturated carbocycles. The summed E-state index contributed by atoms with van der Waals surface area (Å²) < 4.78 is 30.0. The molecule has 0 radical (unpaired) electrons. The second kappa shape index (κ2) is 8.64. The van der Waals surface area contributed by atoms with Gasteiger partial charge in [-0.3, -0.25) is 0 Å². The van der Waals surface area contributed by atoms with E-state index in [2.05, 4.69) is 0 Å². The molecule has 0 N–H and O–H groups in total. The summed E-state index contributed by atoms with van der Waals surface area (Å²) in [6.45, 7) is 5.48. The Morgan fingerprint density at radius 1 is 1.03 bits per heavy atom. The van der Waals surface area contributed by atoms with Crippen LogP contribution in [0.1, 0.15) is 62.3 Å². The Labute approximate surface area is 194 Å². The van der Waals surface area contributed by atoms with Gasteiger partial charge in [0.15, 0.2) is 9.84 Å². The van der Waals surface area contributed by atoms with E-state index >= 15 is 0 Å². The molecule has 2 aromatic carbocycles. The normalized spacial score (nSPS) is 18.9. The van der Waals surface area contributed by atoms with Crippen LogP contribution in [0.15, 0.2) is 41.3 Å². The molecule has 0 aromatic heterocycles. The number of fused-ring (bicyclic) bond motifs is 1. The highest BCUT2D eigenvalue weighted by Crippen LogP contribution is 2.45. The van der Waals surface area contributed by atoms with Gasteiger partial charge < -0.3 is 9.64 Å². The molecule has 0 fully saturated rings. The van der Waals surface area contributed by atoms with Gasteiger partial charge in [-0.25, -0.2) is 13.2 Å². The maximum absolute atomic E-state index is 12.7. The molecule has 0 unspecified atom stereocenters. The van der Waals surface area contributed by atoms with Crippen LogP contribution in [0, 0.1) is 0 Å². The number of carbonyl (C=O) groups excluding carboxylic acids is 1. The number of rotatable bonds is 3. The van der Waals surface area contributed by atoms with Gasteiger partial charge in [-0.2, -0.15) is 0 Å². The Bertz CT molecular complexity index is 1110. The minimum Gasteiger partial charge on any atom is -0.444 e. The molecule has 31 heavy (non-hydrogen) atoms. The number of benzene rings is 2. The minimum absolute atomic E-state index is 0.0604. The molecule has 0 aliphatic heterocycles. The highest BCUT2D eigenvalue weighted by Gasteiger charge is 2.34. The van der Waals surface area contributed by atoms with Crippen molar-refractivity contribution < 1.29 is 17.9 Å². The van der Waals surface area contributed by atoms with Gasteiger partial charge in [0.25, 0.3) is 0 Å². The van der Waals surface area contributed by atoms with Gasteiger partial charge in [0.05, 0.1) is 21.0 Å². The molecule has 0 saturated heterocycles. The SMILES string of the molecule is CN(C(=O)OC(C)(C)C)[C@H]1CC[C@@H](c2ccc(Cl)c(Cl)c2)c2cc(S(C)(=O)=O)ccc21. The quantitative estimate of drug-likeness (QED) is 0.518. The van der Waals surface area contributed by atoms with Gasteiger partial charge in [-0.05, 0) is 74.6 Å². The summed E-state index contributed by atoms with van der Waals surface area (Å²) in [6.07, 6.45) is 2.20. The summed E-state index contributed by atoms with van der Waals surface area (Å²) in [5.74, 6) is -0.0604. The lowest BCUT2D eigenvalue weighted by atomic mass is 9.76. The van der Waals surface area contributed by atoms with Gasteiger partial charge in [0.1, 0.15) is 5.60 Å². The molecule has 0 heterocycles. The van der Waals surface area contributed by atoms with Crippen LogP contribution in [0.5, 0.6) is 0 Å². The summed E-state index contributed by atoms with van der Waals surface area (Å²) in [4.78, 5) is 14.5. The predicted molar refractivity (Wildman–Crippen MR) is 124 cm³/mol. The van der Waals surface area contributed by atoms with Gasteiger partial charge in [-0.15, -0.1) is 0 Å². The van der Waals surface area contributed by atoms with E-state index in [1.54, 1.807) is 36.2 Å². The molecule has 0 bridgehead atoms. The van der Waals surface area contributed by atoms with Crippen molar-refractivity contribution in [1.29, 1.82) is 0 Å². The van der Waals surface area contributed by atoms with Gasteiger partial charge in [0.2, 0.25) is 0 Å². The van der Waals surface area contributed by atoms with Crippen molar-refractivity contribution >= 4 is 39.1 Å². The monoisotopic (exact) mass is 483 g/mol. The zero-order valence-electron chi connectivity index (χ0n) is 18.3. The zero-order valence-corrected chi connectivity index (χ0v) is 20.6. The van der Waals surface area contributed by atoms with Crippen molar-refractivity contribution in [2.75, 3.05) is 13.3 Å². The fourth-order valence-corrected chi connectivity index (χ4v) is 4.93. The second-order valence-electron chi connectivity index (χ2n) is 8.97. The van der Waals surface area contributed by atoms with Gasteiger partial charge >= 0.3 is 6.09 Å². The molecular formula is C23H27Cl2NO4S. The average Bonchev–Trinajstić information content (AvgIpc) is 2.66. The Kier molecular flexibility index (Phi) is 6.66. The number of sulfone groups is 1. The van der Waals surface area contributed by atoms with Crippen LogP contribution in [0.2, 0.25) is 10.0 Å². The fraction of sp³-hybridized carbons (Fsp3) is 0.435. The molecular weight excluding hydrogens is 457 g/mol. The largest absolute Gasteiger partial charge is 0.444 e. The third-order valence-electron chi connectivity index (χ3n) is 5.44. The second-order valence-corrected chi connectivity index (χ2v) is 11.8. The molecule has 2 atom stereocenters. The first-order valence-electron chi connectivity index (χ1n) is 10.0. The molecule has 1 amide bonds. The average molecular weight is 484 g/mol. The van der Waals surface area contributed by atoms with Gasteiger partial charge in [-0.1, -0.05) is 35.3 Å². The fourth-order valence-electron chi connectivity index (χ4n) is 3.96. The van der Waals surface area contributed by atoms with Crippen LogP contribution in [0.4, 0.5) is 4.79 Å². The van der Waals surface area contributed by atoms with Crippen molar-refractivity contribution in [3.05, 3.63) is 63.1 Å². The number of halogens is 2. The molecule has 0 spiro atoms. The number of amides is 1. The molecule has 5 nitrogen and oxygen atoms in total. The first kappa shape index (κ1) is 23.9. The van der Waals surface area contributed by atoms with Crippen molar-refractivity contribution in [3.8, 4) is 0 Å². The Balaban J connectivity index is 2.08. The Morgan fingerprint density at radius 3 is 2.29 bits per heavy atom. The smallest absolute Gasteiger partial charge is 0.410 e. The van der Waals surface area contributed by atoms with Crippen LogP contribution in [0.25, 0.3) is 0 Å². The summed E-state index contributed by atoms with van der Waals surface area (Å²) in [5.41, 5.74) is 2.13. The van der Waals surface area contributed by atoms with E-state index in [0.717, 1.165) is 23.1 Å². The zero-order chi connectivity index (χ0) is 23.1. The number of carbonyl (C=O) groups is 1. The van der Waals surface area contributed by atoms with E-state index in [9.17, 15) is 13.2 Å². The van der Waals surface area contributed by atoms with E-state index in [0.29, 0.717) is 16.5 Å². The summed E-state index contributed by atoms with van der Waals surface area (Å²) >= 11 is 12.3. The lowest BCUT2D eigenvalue weighted by Crippen LogP contribution is -2.38. The highest BCUT2D eigenvalue weighted by molar-refractivity contribution is 7.90. The molecule has 8 heteroatoms. The van der Waals surface area contributed by atoms with Crippen LogP contribution >= 0.6 is 23.2 Å². The third-order valence-corrected chi connectivity index (χ3v) is 7.29. The Morgan fingerprint density at radius 2 is 1.71 bits per heavy atom. The van der Waals surface area contributed by atoms with Crippen molar-refractivity contribution in [2.24, 2.45) is 0 Å². The van der Waals surface area contributed by atoms with E-state index in [1.807, 2.05) is 32.9 Å². The molecule has 1 aliphatic rings. The summed E-state index contributed by atoms with van der Waals surface area (Å²) in [5, 5.41) is 0.918. The van der Waals surface area contributed by atoms with Crippen LogP contribution in [0.3, 0.4) is 0 Å². The highest BCUT2D eigenvalue weighted by atomic mass is 35.5. The topological polar surface area (TPSA) is 63.7 Å². The predicted octanol–water partition coefficient (Wildman–Crippen LogP) is 6.23. The summed E-state index contributed by atoms with van der Waals surface area (Å²) in [7, 11) is -1.67. The van der Waals surface area contributed by atoms with E-state index in [4.69, 9.17) is 27.9 Å². The lowest BCUT2D eigenvalue weighted by molar-refractivity contribution is 0.0202. The standard InChI is InChI=1S/C23H27Cl2NO4S/c1-23(2,3)30-22(27)26(4)21-11-9-16(14-6-10-19(24)20(25)12-14)18-13-15(31(5,28)29)7-8-17(18)21/h6-8,10,12-13,16,21H,9,11H2,1-5H3/t16-,21-/m0/s1. The first-order valence-corrected chi connectivity index (χ1v) is 12.7. The van der Waals surface area contributed by atoms with E-state index < -0.39 is 21.5 Å². The number of hydrogen-bond donors (Lipinski definition) is 0. The maximum Gasteiger partial charge on any atom is 0.410 e. The number of nitrogens with zero attached hydrogens (tertiary/aromatic N) is 1. The van der Waals surface area contributed by atoms with E-state index in [1.165, 1.54) is 6.26 Å². The molecule has 2 aromatic rings. The Hall–Kier alpha value is -1.76. The first-order chi connectivity index (χ1) is 14.3. The van der Waals surface area contributed by atoms with Crippen molar-refractivity contribution in [1.82, 2.24) is 4.90 Å². The minimum atomic E-state index is -3.39. The van der Waals surface area contributed by atoms with Crippen LogP contribution in [-0.4, -0.2) is 38.3 Å². The van der Waals surface area contributed by atoms with Crippen LogP contribution < -0.4 is 0 Å². The van der Waals surface area contributed by atoms with Gasteiger partial charge in [0, 0.05) is 19.2 Å². The molecule has 3 rings (SSSR count). The number of ether oxygens (including phenoxy) is 1. The third kappa shape index (κ3) is 5.36. The van der Waals surface area contributed by atoms with E-state index in [-0.39, 0.29) is 16.9 Å². The van der Waals surface area contributed by atoms with Crippen molar-refractivity contribution in [3.63, 3.8) is 0 Å². The number of hydrogen-bond acceptors (Lipinski definition) is 4.